The van der Waals surface area contributed by atoms with Gasteiger partial charge in [0.15, 0.2) is 5.03 Å². The van der Waals surface area contributed by atoms with E-state index in [0.717, 1.165) is 12.0 Å². The van der Waals surface area contributed by atoms with E-state index in [1.165, 1.54) is 6.07 Å². The zero-order valence-electron chi connectivity index (χ0n) is 20.8. The highest BCUT2D eigenvalue weighted by Crippen LogP contribution is 2.25. The number of aliphatic carboxylic acids is 1. The number of hydrogen-bond donors (Lipinski definition) is 4. The molecule has 3 unspecified atom stereocenters. The summed E-state index contributed by atoms with van der Waals surface area (Å²) >= 11 is 0. The number of aromatic nitrogens is 1. The lowest BCUT2D eigenvalue weighted by Gasteiger charge is -2.38. The van der Waals surface area contributed by atoms with Crippen LogP contribution in [-0.4, -0.2) is 72.1 Å². The smallest absolute Gasteiger partial charge is 0.320 e. The summed E-state index contributed by atoms with van der Waals surface area (Å²) in [7, 11) is -4.02. The number of nitrogens with one attached hydrogen (secondary N) is 2. The summed E-state index contributed by atoms with van der Waals surface area (Å²) in [5, 5.41) is 20.1. The summed E-state index contributed by atoms with van der Waals surface area (Å²) in [5.41, 5.74) is 8.46. The molecule has 1 saturated heterocycles. The number of hydrazine groups is 1. The molecule has 1 aromatic carbocycles. The molecule has 14 heteroatoms. The van der Waals surface area contributed by atoms with Crippen LogP contribution >= 0.6 is 0 Å². The molecule has 5 N–H and O–H groups in total. The minimum absolute atomic E-state index is 0.0366. The van der Waals surface area contributed by atoms with Gasteiger partial charge in [0.25, 0.3) is 5.96 Å². The first-order valence-corrected chi connectivity index (χ1v) is 13.5. The highest BCUT2D eigenvalue weighted by molar-refractivity contribution is 7.89. The number of guanidine groups is 1. The van der Waals surface area contributed by atoms with Gasteiger partial charge >= 0.3 is 5.97 Å². The Morgan fingerprint density at radius 2 is 2.19 bits per heavy atom. The van der Waals surface area contributed by atoms with Gasteiger partial charge in [0.1, 0.15) is 10.9 Å². The number of nitro groups is 1. The van der Waals surface area contributed by atoms with Crippen LogP contribution in [0.1, 0.15) is 38.2 Å². The van der Waals surface area contributed by atoms with E-state index in [1.54, 1.807) is 28.7 Å². The van der Waals surface area contributed by atoms with Crippen molar-refractivity contribution in [1.82, 2.24) is 20.0 Å². The molecule has 202 valence electrons. The van der Waals surface area contributed by atoms with Crippen molar-refractivity contribution in [2.45, 2.75) is 56.5 Å². The van der Waals surface area contributed by atoms with E-state index in [2.05, 4.69) is 14.7 Å². The second-order valence-electron chi connectivity index (χ2n) is 9.42. The van der Waals surface area contributed by atoms with Gasteiger partial charge in [-0.25, -0.2) is 28.2 Å². The molecule has 1 aliphatic heterocycles. The molecular weight excluding hydrogens is 502 g/mol. The van der Waals surface area contributed by atoms with Crippen molar-refractivity contribution in [2.24, 2.45) is 16.6 Å². The zero-order valence-corrected chi connectivity index (χ0v) is 21.6. The summed E-state index contributed by atoms with van der Waals surface area (Å²) < 4.78 is 29.7. The molecule has 3 rings (SSSR count). The fourth-order valence-electron chi connectivity index (χ4n) is 4.54. The third-order valence-electron chi connectivity index (χ3n) is 6.34. The molecule has 37 heavy (non-hydrogen) atoms. The number of sulfonamides is 1. The number of nitrogens with zero attached hydrogens (tertiary/aromatic N) is 4. The molecule has 3 atom stereocenters. The molecular formula is C23H33N7O6S. The molecule has 0 bridgehead atoms. The van der Waals surface area contributed by atoms with Crippen LogP contribution in [0.2, 0.25) is 0 Å². The SMILES string of the molecule is Cc1cnc2c(S(=O)(=O)NC(CCCN=C(N)N[N+](=O)[O-])CN3CCC(C)CC3C(=O)O)cccc2c1. The Labute approximate surface area is 215 Å². The van der Waals surface area contributed by atoms with Gasteiger partial charge in [-0.2, -0.15) is 0 Å². The molecule has 0 aliphatic carbocycles. The highest BCUT2D eigenvalue weighted by Gasteiger charge is 2.34. The molecule has 1 aliphatic rings. The number of pyridine rings is 1. The molecule has 2 heterocycles. The van der Waals surface area contributed by atoms with E-state index >= 15 is 0 Å². The number of fused-ring (bicyclic) bond motifs is 1. The Bertz CT molecular complexity index is 1270. The predicted octanol–water partition coefficient (Wildman–Crippen LogP) is 1.25. The summed E-state index contributed by atoms with van der Waals surface area (Å²) in [6.07, 6.45) is 3.57. The van der Waals surface area contributed by atoms with Crippen LogP contribution in [0.5, 0.6) is 0 Å². The van der Waals surface area contributed by atoms with Gasteiger partial charge < -0.3 is 10.8 Å². The quantitative estimate of drug-likeness (QED) is 0.107. The summed E-state index contributed by atoms with van der Waals surface area (Å²) in [4.78, 5) is 32.4. The summed E-state index contributed by atoms with van der Waals surface area (Å²) in [5.74, 6) is -1.04. The largest absolute Gasteiger partial charge is 0.480 e. The average Bonchev–Trinajstić information content (AvgIpc) is 2.81. The number of hydrogen-bond acceptors (Lipinski definition) is 8. The van der Waals surface area contributed by atoms with Crippen LogP contribution in [0.25, 0.3) is 10.9 Å². The topological polar surface area (TPSA) is 193 Å². The number of benzene rings is 1. The van der Waals surface area contributed by atoms with Crippen molar-refractivity contribution in [3.8, 4) is 0 Å². The fourth-order valence-corrected chi connectivity index (χ4v) is 5.99. The van der Waals surface area contributed by atoms with Gasteiger partial charge in [-0.05, 0) is 62.8 Å². The maximum atomic E-state index is 13.5. The maximum absolute atomic E-state index is 13.5. The Hall–Kier alpha value is -3.36. The van der Waals surface area contributed by atoms with E-state index < -0.39 is 33.1 Å². The molecule has 2 aromatic rings. The number of carboxylic acids is 1. The molecule has 1 fully saturated rings. The van der Waals surface area contributed by atoms with Crippen LogP contribution in [0.15, 0.2) is 40.4 Å². The Morgan fingerprint density at radius 1 is 1.43 bits per heavy atom. The third kappa shape index (κ3) is 7.81. The predicted molar refractivity (Wildman–Crippen MR) is 138 cm³/mol. The van der Waals surface area contributed by atoms with Crippen molar-refractivity contribution >= 4 is 32.9 Å². The summed E-state index contributed by atoms with van der Waals surface area (Å²) in [6.45, 7) is 4.72. The standard InChI is InChI=1S/C23H33N7O6S/c1-15-8-10-29(19(12-15)22(31)32)14-18(6-4-9-25-23(24)27-30(33)34)28-37(35,36)20-7-3-5-17-11-16(2)13-26-21(17)20/h3,5,7,11,13,15,18-19,28H,4,6,8-10,12,14H2,1-2H3,(H,31,32)(H3,24,25,27). The number of piperidine rings is 1. The van der Waals surface area contributed by atoms with Gasteiger partial charge in [0.2, 0.25) is 10.0 Å². The average molecular weight is 536 g/mol. The molecule has 0 spiro atoms. The molecule has 1 aromatic heterocycles. The number of aliphatic imine (C=N–C) groups is 1. The van der Waals surface area contributed by atoms with Crippen LogP contribution in [-0.2, 0) is 14.8 Å². The molecule has 0 amide bonds. The van der Waals surface area contributed by atoms with E-state index in [-0.39, 0.29) is 29.9 Å². The van der Waals surface area contributed by atoms with Gasteiger partial charge in [-0.1, -0.05) is 24.5 Å². The Morgan fingerprint density at radius 3 is 2.89 bits per heavy atom. The first-order chi connectivity index (χ1) is 17.5. The second kappa shape index (κ2) is 12.3. The minimum atomic E-state index is -4.02. The number of rotatable bonds is 11. The van der Waals surface area contributed by atoms with Crippen molar-refractivity contribution in [3.05, 3.63) is 46.1 Å². The van der Waals surface area contributed by atoms with Crippen molar-refractivity contribution < 1.29 is 23.4 Å². The lowest BCUT2D eigenvalue weighted by atomic mass is 9.92. The lowest BCUT2D eigenvalue weighted by molar-refractivity contribution is -0.525. The van der Waals surface area contributed by atoms with Crippen molar-refractivity contribution in [2.75, 3.05) is 19.6 Å². The molecule has 0 radical (unpaired) electrons. The van der Waals surface area contributed by atoms with Crippen LogP contribution in [0, 0.1) is 23.0 Å². The van der Waals surface area contributed by atoms with Gasteiger partial charge in [-0.3, -0.25) is 14.7 Å². The van der Waals surface area contributed by atoms with Gasteiger partial charge in [0, 0.05) is 30.7 Å². The fraction of sp³-hybridized carbons (Fsp3) is 0.522. The lowest BCUT2D eigenvalue weighted by Crippen LogP contribution is -2.52. The number of aryl methyl sites for hydroxylation is 1. The first kappa shape index (κ1) is 28.2. The van der Waals surface area contributed by atoms with E-state index in [1.807, 2.05) is 19.9 Å². The second-order valence-corrected chi connectivity index (χ2v) is 11.1. The van der Waals surface area contributed by atoms with E-state index in [4.69, 9.17) is 5.73 Å². The van der Waals surface area contributed by atoms with E-state index in [0.29, 0.717) is 36.7 Å². The molecule has 13 nitrogen and oxygen atoms in total. The number of carbonyl (C=O) groups is 1. The maximum Gasteiger partial charge on any atom is 0.320 e. The monoisotopic (exact) mass is 535 g/mol. The van der Waals surface area contributed by atoms with Crippen molar-refractivity contribution in [3.63, 3.8) is 0 Å². The Balaban J connectivity index is 1.83. The van der Waals surface area contributed by atoms with Crippen LogP contribution < -0.4 is 15.9 Å². The third-order valence-corrected chi connectivity index (χ3v) is 7.89. The molecule has 0 saturated carbocycles. The highest BCUT2D eigenvalue weighted by atomic mass is 32.2. The van der Waals surface area contributed by atoms with Crippen LogP contribution in [0.3, 0.4) is 0 Å². The minimum Gasteiger partial charge on any atom is -0.480 e. The zero-order chi connectivity index (χ0) is 27.2. The van der Waals surface area contributed by atoms with Crippen LogP contribution in [0.4, 0.5) is 0 Å². The van der Waals surface area contributed by atoms with Gasteiger partial charge in [0.05, 0.1) is 5.52 Å². The first-order valence-electron chi connectivity index (χ1n) is 12.0. The number of nitrogens with two attached hydrogens (primary N) is 1. The number of carboxylic acid groups (broad SMARTS) is 1. The summed E-state index contributed by atoms with van der Waals surface area (Å²) in [6, 6.07) is 5.43. The van der Waals surface area contributed by atoms with Gasteiger partial charge in [-0.15, -0.1) is 0 Å². The normalized spacial score (nSPS) is 20.0. The number of para-hydroxylation sites is 1. The van der Waals surface area contributed by atoms with Crippen molar-refractivity contribution in [1.29, 1.82) is 0 Å². The Kier molecular flexibility index (Phi) is 9.34. The van der Waals surface area contributed by atoms with E-state index in [9.17, 15) is 28.4 Å². The number of likely N-dealkylation sites (tertiary alicyclic amines) is 1.